The Balaban J connectivity index is 1.65. The molecule has 296 valence electrons. The third kappa shape index (κ3) is 11.1. The van der Waals surface area contributed by atoms with Crippen LogP contribution in [0.1, 0.15) is 79.0 Å². The Hall–Kier alpha value is -3.43. The third-order valence-electron chi connectivity index (χ3n) is 9.92. The topological polar surface area (TPSA) is 132 Å². The maximum atomic E-state index is 14.0. The first-order valence-corrected chi connectivity index (χ1v) is 23.6. The summed E-state index contributed by atoms with van der Waals surface area (Å²) in [5, 5.41) is -0.0682. The van der Waals surface area contributed by atoms with Crippen molar-refractivity contribution in [3.63, 3.8) is 0 Å². The predicted octanol–water partition coefficient (Wildman–Crippen LogP) is 7.89. The minimum absolute atomic E-state index is 0.0682. The summed E-state index contributed by atoms with van der Waals surface area (Å²) in [5.41, 5.74) is -0.130. The Morgan fingerprint density at radius 1 is 0.745 bits per heavy atom. The molecule has 1 saturated heterocycles. The van der Waals surface area contributed by atoms with E-state index in [1.165, 1.54) is 11.8 Å². The average Bonchev–Trinajstić information content (AvgIpc) is 3.14. The molecule has 2 bridgehead atoms. The number of hydrogen-bond acceptors (Lipinski definition) is 11. The first kappa shape index (κ1) is 42.7. The van der Waals surface area contributed by atoms with Gasteiger partial charge in [0.1, 0.15) is 16.3 Å². The Kier molecular flexibility index (Phi) is 14.1. The number of thioether (sulfide) groups is 1. The number of ether oxygens (including phenoxy) is 4. The summed E-state index contributed by atoms with van der Waals surface area (Å²) in [5.74, 6) is -1.65. The summed E-state index contributed by atoms with van der Waals surface area (Å²) in [6, 6.07) is 24.6. The summed E-state index contributed by atoms with van der Waals surface area (Å²) in [6.07, 6.45) is -0.973. The van der Waals surface area contributed by atoms with E-state index in [0.29, 0.717) is 12.2 Å². The number of benzene rings is 3. The van der Waals surface area contributed by atoms with E-state index < -0.39 is 78.2 Å². The van der Waals surface area contributed by atoms with E-state index >= 15 is 0 Å². The maximum absolute atomic E-state index is 14.0. The molecule has 1 fully saturated rings. The Morgan fingerprint density at radius 3 is 1.65 bits per heavy atom. The molecule has 5 rings (SSSR count). The van der Waals surface area contributed by atoms with Gasteiger partial charge in [-0.15, -0.1) is 16.5 Å². The molecule has 0 spiro atoms. The number of carbonyl (C=O) groups is 3. The number of rotatable bonds is 10. The summed E-state index contributed by atoms with van der Waals surface area (Å²) in [7, 11) is -2.26. The first-order valence-electron chi connectivity index (χ1n) is 18.5. The molecule has 0 amide bonds. The molecule has 0 aromatic heterocycles. The van der Waals surface area contributed by atoms with Crippen molar-refractivity contribution in [3.8, 4) is 0 Å². The van der Waals surface area contributed by atoms with Gasteiger partial charge in [0.15, 0.2) is 26.6 Å². The zero-order valence-electron chi connectivity index (χ0n) is 32.8. The van der Waals surface area contributed by atoms with Crippen molar-refractivity contribution >= 4 is 49.3 Å². The molecule has 2 heterocycles. The number of hydrogen-bond donors (Lipinski definition) is 1. The highest BCUT2D eigenvalue weighted by atomic mass is 32.2. The van der Waals surface area contributed by atoms with Crippen molar-refractivity contribution in [1.82, 2.24) is 4.72 Å². The SMILES string of the molecule is CC(C)(C)[S+]([O-])N[C@@H]1C/C=C\C(O[Si](C)(C)C(C)(C)C)CS[C@H]2O[C@H]1[C@H](OC(=O)c1ccccc1)[C@H](OC(=O)c1ccccc1)[C@H]2OC(=O)c1ccccc1. The highest BCUT2D eigenvalue weighted by Gasteiger charge is 2.56. The lowest BCUT2D eigenvalue weighted by molar-refractivity contribution is -0.205. The molecule has 0 radical (unpaired) electrons. The molecule has 0 saturated carbocycles. The molecule has 2 aliphatic heterocycles. The number of nitrogens with one attached hydrogen (secondary N) is 1. The van der Waals surface area contributed by atoms with E-state index in [9.17, 15) is 18.9 Å². The normalized spacial score (nSPS) is 25.9. The van der Waals surface area contributed by atoms with Crippen LogP contribution in [0.15, 0.2) is 103 Å². The van der Waals surface area contributed by atoms with E-state index in [1.54, 1.807) is 91.0 Å². The Bertz CT molecular complexity index is 1770. The zero-order valence-corrected chi connectivity index (χ0v) is 35.4. The Morgan fingerprint density at radius 2 is 1.20 bits per heavy atom. The zero-order chi connectivity index (χ0) is 40.0. The van der Waals surface area contributed by atoms with Gasteiger partial charge in [0, 0.05) is 17.1 Å². The van der Waals surface area contributed by atoms with Crippen LogP contribution in [0.2, 0.25) is 18.1 Å². The monoisotopic (exact) mass is 807 g/mol. The maximum Gasteiger partial charge on any atom is 0.338 e. The second kappa shape index (κ2) is 18.2. The largest absolute Gasteiger partial charge is 0.598 e. The highest BCUT2D eigenvalue weighted by Crippen LogP contribution is 2.41. The lowest BCUT2D eigenvalue weighted by Crippen LogP contribution is -2.66. The lowest BCUT2D eigenvalue weighted by Gasteiger charge is -2.47. The fourth-order valence-electron chi connectivity index (χ4n) is 5.80. The number of esters is 3. The van der Waals surface area contributed by atoms with E-state index in [4.69, 9.17) is 23.4 Å². The van der Waals surface area contributed by atoms with Gasteiger partial charge in [-0.05, 0) is 81.7 Å². The molecule has 2 aliphatic rings. The van der Waals surface area contributed by atoms with Crippen LogP contribution in [0.25, 0.3) is 0 Å². The van der Waals surface area contributed by atoms with Gasteiger partial charge in [0.05, 0.1) is 28.8 Å². The molecular weight excluding hydrogens is 755 g/mol. The minimum Gasteiger partial charge on any atom is -0.598 e. The quantitative estimate of drug-likeness (QED) is 0.0705. The van der Waals surface area contributed by atoms with Gasteiger partial charge in [-0.1, -0.05) is 87.5 Å². The lowest BCUT2D eigenvalue weighted by atomic mass is 9.92. The summed E-state index contributed by atoms with van der Waals surface area (Å²) >= 11 is -0.230. The fourth-order valence-corrected chi connectivity index (χ4v) is 9.22. The summed E-state index contributed by atoms with van der Waals surface area (Å²) < 4.78 is 49.1. The van der Waals surface area contributed by atoms with Crippen molar-refractivity contribution < 1.29 is 42.3 Å². The first-order chi connectivity index (χ1) is 25.9. The molecule has 55 heavy (non-hydrogen) atoms. The van der Waals surface area contributed by atoms with E-state index in [-0.39, 0.29) is 27.8 Å². The molecule has 3 aromatic rings. The third-order valence-corrected chi connectivity index (χ3v) is 17.3. The van der Waals surface area contributed by atoms with E-state index in [2.05, 4.69) is 38.6 Å². The average molecular weight is 808 g/mol. The summed E-state index contributed by atoms with van der Waals surface area (Å²) in [6.45, 7) is 16.5. The van der Waals surface area contributed by atoms with Crippen LogP contribution in [0.5, 0.6) is 0 Å². The van der Waals surface area contributed by atoms with Gasteiger partial charge in [0.25, 0.3) is 0 Å². The molecular formula is C42H53NO9S2Si. The van der Waals surface area contributed by atoms with Gasteiger partial charge in [-0.2, -0.15) is 0 Å². The van der Waals surface area contributed by atoms with Gasteiger partial charge < -0.3 is 27.9 Å². The highest BCUT2D eigenvalue weighted by molar-refractivity contribution is 7.99. The van der Waals surface area contributed by atoms with Crippen LogP contribution in [0.4, 0.5) is 0 Å². The molecule has 8 atom stereocenters. The van der Waals surface area contributed by atoms with E-state index in [1.807, 2.05) is 32.9 Å². The molecule has 13 heteroatoms. The van der Waals surface area contributed by atoms with Crippen molar-refractivity contribution in [2.75, 3.05) is 5.75 Å². The van der Waals surface area contributed by atoms with Gasteiger partial charge in [-0.3, -0.25) is 0 Å². The van der Waals surface area contributed by atoms with Crippen LogP contribution in [-0.4, -0.2) is 83.3 Å². The number of fused-ring (bicyclic) bond motifs is 2. The molecule has 1 N–H and O–H groups in total. The number of carbonyl (C=O) groups excluding carboxylic acids is 3. The molecule has 0 aliphatic carbocycles. The van der Waals surface area contributed by atoms with Crippen molar-refractivity contribution in [3.05, 3.63) is 120 Å². The predicted molar refractivity (Wildman–Crippen MR) is 219 cm³/mol. The molecule has 3 aromatic carbocycles. The molecule has 2 unspecified atom stereocenters. The molecule has 10 nitrogen and oxygen atoms in total. The minimum atomic E-state index is -2.26. The van der Waals surface area contributed by atoms with Crippen LogP contribution in [0, 0.1) is 0 Å². The second-order valence-electron chi connectivity index (χ2n) is 16.2. The standard InChI is InChI=1S/C42H53NO9S2Si/c1-41(2,3)54(47)43-32-26-18-25-31(52-55(7,8)42(4,5)6)27-53-40-36(50-39(46)30-23-16-11-17-24-30)35(49-38(45)29-21-14-10-15-22-29)34(33(32)51-40)48-37(44)28-19-12-9-13-20-28/h9-25,31-36,40,43H,26-27H2,1-8H3/b25-18-/t31?,32-,33-,34+,35+,36-,40-,54?/m1/s1. The smallest absolute Gasteiger partial charge is 0.338 e. The van der Waals surface area contributed by atoms with Crippen molar-refractivity contribution in [2.45, 2.75) is 113 Å². The Labute approximate surface area is 333 Å². The van der Waals surface area contributed by atoms with Gasteiger partial charge >= 0.3 is 17.9 Å². The van der Waals surface area contributed by atoms with E-state index in [0.717, 1.165) is 0 Å². The fraction of sp³-hybridized carbons (Fsp3) is 0.452. The van der Waals surface area contributed by atoms with Crippen LogP contribution in [0.3, 0.4) is 0 Å². The van der Waals surface area contributed by atoms with Gasteiger partial charge in [0.2, 0.25) is 0 Å². The van der Waals surface area contributed by atoms with Crippen molar-refractivity contribution in [1.29, 1.82) is 0 Å². The van der Waals surface area contributed by atoms with Crippen LogP contribution >= 0.6 is 11.8 Å². The second-order valence-corrected chi connectivity index (χ2v) is 24.1. The van der Waals surface area contributed by atoms with Gasteiger partial charge in [-0.25, -0.2) is 14.4 Å². The van der Waals surface area contributed by atoms with Crippen molar-refractivity contribution in [2.24, 2.45) is 0 Å². The summed E-state index contributed by atoms with van der Waals surface area (Å²) in [4.78, 5) is 41.7. The van der Waals surface area contributed by atoms with Crippen LogP contribution in [-0.2, 0) is 34.7 Å². The van der Waals surface area contributed by atoms with Crippen LogP contribution < -0.4 is 4.72 Å².